The van der Waals surface area contributed by atoms with Crippen molar-refractivity contribution in [3.8, 4) is 5.75 Å². The van der Waals surface area contributed by atoms with Gasteiger partial charge in [0.05, 0.1) is 6.61 Å². The molecule has 0 spiro atoms. The maximum absolute atomic E-state index is 5.83. The lowest BCUT2D eigenvalue weighted by Crippen LogP contribution is -2.27. The zero-order valence-electron chi connectivity index (χ0n) is 13.4. The number of ether oxygens (including phenoxy) is 2. The maximum atomic E-state index is 5.83. The topological polar surface area (TPSA) is 30.5 Å². The molecule has 1 aromatic carbocycles. The fourth-order valence-electron chi connectivity index (χ4n) is 3.05. The predicted molar refractivity (Wildman–Crippen MR) is 86.8 cm³/mol. The first-order valence-corrected chi connectivity index (χ1v) is 8.25. The van der Waals surface area contributed by atoms with Crippen molar-refractivity contribution in [2.45, 2.75) is 45.1 Å². The summed E-state index contributed by atoms with van der Waals surface area (Å²) in [6.45, 7) is 4.57. The van der Waals surface area contributed by atoms with Crippen molar-refractivity contribution in [1.82, 2.24) is 5.32 Å². The molecule has 2 rings (SSSR count). The van der Waals surface area contributed by atoms with Crippen molar-refractivity contribution in [1.29, 1.82) is 0 Å². The van der Waals surface area contributed by atoms with Gasteiger partial charge in [-0.05, 0) is 38.3 Å². The van der Waals surface area contributed by atoms with Gasteiger partial charge in [0.1, 0.15) is 12.4 Å². The molecule has 3 nitrogen and oxygen atoms in total. The van der Waals surface area contributed by atoms with E-state index < -0.39 is 0 Å². The zero-order valence-corrected chi connectivity index (χ0v) is 13.4. The van der Waals surface area contributed by atoms with Gasteiger partial charge in [0.15, 0.2) is 0 Å². The minimum Gasteiger partial charge on any atom is -0.491 e. The van der Waals surface area contributed by atoms with Crippen molar-refractivity contribution in [3.63, 3.8) is 0 Å². The van der Waals surface area contributed by atoms with Crippen LogP contribution in [0.2, 0.25) is 0 Å². The Morgan fingerprint density at radius 3 is 2.67 bits per heavy atom. The minimum atomic E-state index is 0.325. The summed E-state index contributed by atoms with van der Waals surface area (Å²) in [5.74, 6) is 1.82. The second kappa shape index (κ2) is 9.06. The Bertz CT molecular complexity index is 402. The molecule has 21 heavy (non-hydrogen) atoms. The average molecular weight is 291 g/mol. The van der Waals surface area contributed by atoms with Crippen LogP contribution in [0.5, 0.6) is 5.75 Å². The first kappa shape index (κ1) is 16.3. The molecule has 1 unspecified atom stereocenters. The Kier molecular flexibility index (Phi) is 7.04. The molecular weight excluding hydrogens is 262 g/mol. The van der Waals surface area contributed by atoms with Crippen LogP contribution in [0.1, 0.15) is 50.6 Å². The Labute approximate surface area is 129 Å². The third-order valence-electron chi connectivity index (χ3n) is 4.37. The maximum Gasteiger partial charge on any atom is 0.124 e. The quantitative estimate of drug-likeness (QED) is 0.736. The Hall–Kier alpha value is -1.06. The molecule has 1 aliphatic carbocycles. The van der Waals surface area contributed by atoms with E-state index in [0.717, 1.165) is 18.2 Å². The van der Waals surface area contributed by atoms with Crippen LogP contribution >= 0.6 is 0 Å². The van der Waals surface area contributed by atoms with Crippen LogP contribution in [0.3, 0.4) is 0 Å². The van der Waals surface area contributed by atoms with Crippen LogP contribution in [0.25, 0.3) is 0 Å². The number of benzene rings is 1. The van der Waals surface area contributed by atoms with E-state index in [1.54, 1.807) is 7.11 Å². The summed E-state index contributed by atoms with van der Waals surface area (Å²) in [5.41, 5.74) is 1.24. The van der Waals surface area contributed by atoms with E-state index in [4.69, 9.17) is 9.47 Å². The lowest BCUT2D eigenvalue weighted by atomic mass is 9.89. The van der Waals surface area contributed by atoms with Gasteiger partial charge in [-0.2, -0.15) is 0 Å². The number of hydrogen-bond acceptors (Lipinski definition) is 3. The van der Waals surface area contributed by atoms with Gasteiger partial charge in [0.25, 0.3) is 0 Å². The number of methoxy groups -OCH3 is 1. The molecule has 1 aromatic rings. The van der Waals surface area contributed by atoms with E-state index in [2.05, 4.69) is 24.4 Å². The Balaban J connectivity index is 1.86. The minimum absolute atomic E-state index is 0.325. The highest BCUT2D eigenvalue weighted by Crippen LogP contribution is 2.27. The van der Waals surface area contributed by atoms with E-state index in [1.165, 1.54) is 37.7 Å². The van der Waals surface area contributed by atoms with Crippen molar-refractivity contribution < 1.29 is 9.47 Å². The molecule has 3 heteroatoms. The lowest BCUT2D eigenvalue weighted by molar-refractivity contribution is 0.145. The molecule has 0 aliphatic heterocycles. The summed E-state index contributed by atoms with van der Waals surface area (Å²) in [5, 5.41) is 3.69. The summed E-state index contributed by atoms with van der Waals surface area (Å²) in [4.78, 5) is 0. The largest absolute Gasteiger partial charge is 0.491 e. The molecular formula is C18H29NO2. The third kappa shape index (κ3) is 5.33. The molecule has 0 radical (unpaired) electrons. The number of hydrogen-bond donors (Lipinski definition) is 1. The average Bonchev–Trinajstić information content (AvgIpc) is 2.54. The molecule has 1 fully saturated rings. The van der Waals surface area contributed by atoms with E-state index in [-0.39, 0.29) is 0 Å². The van der Waals surface area contributed by atoms with E-state index >= 15 is 0 Å². The molecule has 0 bridgehead atoms. The fraction of sp³-hybridized carbons (Fsp3) is 0.667. The van der Waals surface area contributed by atoms with Crippen molar-refractivity contribution >= 4 is 0 Å². The summed E-state index contributed by atoms with van der Waals surface area (Å²) in [6, 6.07) is 8.63. The first-order chi connectivity index (χ1) is 10.3. The van der Waals surface area contributed by atoms with Crippen LogP contribution in [-0.4, -0.2) is 26.9 Å². The Morgan fingerprint density at radius 2 is 1.90 bits per heavy atom. The van der Waals surface area contributed by atoms with Gasteiger partial charge in [0.2, 0.25) is 0 Å². The van der Waals surface area contributed by atoms with E-state index in [0.29, 0.717) is 19.3 Å². The van der Waals surface area contributed by atoms with Gasteiger partial charge in [0, 0.05) is 18.7 Å². The zero-order chi connectivity index (χ0) is 14.9. The molecule has 0 heterocycles. The Morgan fingerprint density at radius 1 is 1.14 bits per heavy atom. The lowest BCUT2D eigenvalue weighted by Gasteiger charge is -2.25. The molecule has 0 aromatic heterocycles. The highest BCUT2D eigenvalue weighted by atomic mass is 16.5. The van der Waals surface area contributed by atoms with Crippen LogP contribution in [0.15, 0.2) is 24.3 Å². The smallest absolute Gasteiger partial charge is 0.124 e. The standard InChI is InChI=1S/C18H29NO2/c1-15(19-14-16-8-4-3-5-9-16)17-10-6-7-11-18(17)21-13-12-20-2/h6-7,10-11,15-16,19H,3-5,8-9,12-14H2,1-2H3. The molecule has 1 atom stereocenters. The van der Waals surface area contributed by atoms with Gasteiger partial charge in [-0.3, -0.25) is 0 Å². The summed E-state index contributed by atoms with van der Waals surface area (Å²) in [6.07, 6.45) is 6.98. The third-order valence-corrected chi connectivity index (χ3v) is 4.37. The molecule has 1 saturated carbocycles. The highest BCUT2D eigenvalue weighted by molar-refractivity contribution is 5.35. The second-order valence-electron chi connectivity index (χ2n) is 6.01. The van der Waals surface area contributed by atoms with Gasteiger partial charge in [-0.15, -0.1) is 0 Å². The van der Waals surface area contributed by atoms with Crippen LogP contribution in [0.4, 0.5) is 0 Å². The molecule has 0 amide bonds. The predicted octanol–water partition coefficient (Wildman–Crippen LogP) is 3.94. The molecule has 118 valence electrons. The van der Waals surface area contributed by atoms with Gasteiger partial charge in [-0.1, -0.05) is 37.5 Å². The molecule has 1 N–H and O–H groups in total. The van der Waals surface area contributed by atoms with Crippen LogP contribution < -0.4 is 10.1 Å². The molecule has 0 saturated heterocycles. The fourth-order valence-corrected chi connectivity index (χ4v) is 3.05. The number of para-hydroxylation sites is 1. The summed E-state index contributed by atoms with van der Waals surface area (Å²) < 4.78 is 10.9. The van der Waals surface area contributed by atoms with Crippen molar-refractivity contribution in [2.75, 3.05) is 26.9 Å². The SMILES string of the molecule is COCCOc1ccccc1C(C)NCC1CCCCC1. The van der Waals surface area contributed by atoms with Crippen molar-refractivity contribution in [3.05, 3.63) is 29.8 Å². The summed E-state index contributed by atoms with van der Waals surface area (Å²) >= 11 is 0. The second-order valence-corrected chi connectivity index (χ2v) is 6.01. The molecule has 1 aliphatic rings. The summed E-state index contributed by atoms with van der Waals surface area (Å²) in [7, 11) is 1.70. The van der Waals surface area contributed by atoms with E-state index in [9.17, 15) is 0 Å². The van der Waals surface area contributed by atoms with Gasteiger partial charge in [-0.25, -0.2) is 0 Å². The monoisotopic (exact) mass is 291 g/mol. The highest BCUT2D eigenvalue weighted by Gasteiger charge is 2.16. The van der Waals surface area contributed by atoms with Crippen molar-refractivity contribution in [2.24, 2.45) is 5.92 Å². The number of nitrogens with one attached hydrogen (secondary N) is 1. The van der Waals surface area contributed by atoms with E-state index in [1.807, 2.05) is 12.1 Å². The van der Waals surface area contributed by atoms with Crippen LogP contribution in [0, 0.1) is 5.92 Å². The van der Waals surface area contributed by atoms with Gasteiger partial charge >= 0.3 is 0 Å². The normalized spacial score (nSPS) is 17.6. The first-order valence-electron chi connectivity index (χ1n) is 8.25. The van der Waals surface area contributed by atoms with Crippen LogP contribution in [-0.2, 0) is 4.74 Å². The van der Waals surface area contributed by atoms with Gasteiger partial charge < -0.3 is 14.8 Å². The number of rotatable bonds is 8.